The Morgan fingerprint density at radius 1 is 1.07 bits per heavy atom. The number of rotatable bonds is 5. The molecule has 0 atom stereocenters. The van der Waals surface area contributed by atoms with Crippen LogP contribution in [0.4, 0.5) is 10.1 Å². The fourth-order valence-electron chi connectivity index (χ4n) is 3.03. The van der Waals surface area contributed by atoms with E-state index >= 15 is 0 Å². The molecule has 3 aromatic carbocycles. The SMILES string of the molecule is COc1ccc(-c2csc(=Nc3ccc(F)cc3)n2Cc2ccc(Cl)cc2)cc1Br. The number of hydrogen-bond donors (Lipinski definition) is 0. The van der Waals surface area contributed by atoms with Crippen LogP contribution >= 0.6 is 38.9 Å². The number of nitrogens with zero attached hydrogens (tertiary/aromatic N) is 2. The van der Waals surface area contributed by atoms with Crippen molar-refractivity contribution in [2.45, 2.75) is 6.54 Å². The van der Waals surface area contributed by atoms with Crippen LogP contribution < -0.4 is 9.54 Å². The van der Waals surface area contributed by atoms with Crippen molar-refractivity contribution < 1.29 is 9.13 Å². The Labute approximate surface area is 191 Å². The summed E-state index contributed by atoms with van der Waals surface area (Å²) < 4.78 is 21.7. The van der Waals surface area contributed by atoms with Crippen LogP contribution in [0.25, 0.3) is 11.3 Å². The molecule has 0 unspecified atom stereocenters. The summed E-state index contributed by atoms with van der Waals surface area (Å²) in [5.41, 5.74) is 3.87. The molecule has 0 fully saturated rings. The third-order valence-electron chi connectivity index (χ3n) is 4.55. The monoisotopic (exact) mass is 502 g/mol. The number of aromatic nitrogens is 1. The third kappa shape index (κ3) is 4.67. The van der Waals surface area contributed by atoms with Gasteiger partial charge >= 0.3 is 0 Å². The molecule has 152 valence electrons. The summed E-state index contributed by atoms with van der Waals surface area (Å²) in [5, 5.41) is 2.77. The lowest BCUT2D eigenvalue weighted by molar-refractivity contribution is 0.412. The number of methoxy groups -OCH3 is 1. The Morgan fingerprint density at radius 2 is 1.80 bits per heavy atom. The number of benzene rings is 3. The summed E-state index contributed by atoms with van der Waals surface area (Å²) in [6.07, 6.45) is 0. The van der Waals surface area contributed by atoms with Crippen LogP contribution in [0.3, 0.4) is 0 Å². The van der Waals surface area contributed by atoms with Crippen molar-refractivity contribution in [1.29, 1.82) is 0 Å². The van der Waals surface area contributed by atoms with Crippen molar-refractivity contribution in [3.05, 3.63) is 97.8 Å². The summed E-state index contributed by atoms with van der Waals surface area (Å²) in [5.74, 6) is 0.493. The van der Waals surface area contributed by atoms with Gasteiger partial charge in [0.25, 0.3) is 0 Å². The predicted octanol–water partition coefficient (Wildman–Crippen LogP) is 7.06. The maximum absolute atomic E-state index is 13.3. The second-order valence-electron chi connectivity index (χ2n) is 6.55. The quantitative estimate of drug-likeness (QED) is 0.286. The van der Waals surface area contributed by atoms with Crippen LogP contribution in [0.5, 0.6) is 5.75 Å². The van der Waals surface area contributed by atoms with Crippen LogP contribution in [0.15, 0.2) is 81.6 Å². The molecule has 4 rings (SSSR count). The molecule has 0 radical (unpaired) electrons. The molecule has 1 heterocycles. The van der Waals surface area contributed by atoms with Gasteiger partial charge in [0.2, 0.25) is 0 Å². The molecule has 3 nitrogen and oxygen atoms in total. The average molecular weight is 504 g/mol. The van der Waals surface area contributed by atoms with E-state index in [1.165, 1.54) is 23.5 Å². The van der Waals surface area contributed by atoms with Crippen LogP contribution in [0.2, 0.25) is 5.02 Å². The van der Waals surface area contributed by atoms with E-state index in [0.29, 0.717) is 17.3 Å². The second kappa shape index (κ2) is 9.16. The van der Waals surface area contributed by atoms with Crippen molar-refractivity contribution in [3.63, 3.8) is 0 Å². The summed E-state index contributed by atoms with van der Waals surface area (Å²) in [4.78, 5) is 5.57. The van der Waals surface area contributed by atoms with Crippen LogP contribution in [0.1, 0.15) is 5.56 Å². The molecule has 0 N–H and O–H groups in total. The summed E-state index contributed by atoms with van der Waals surface area (Å²) in [6, 6.07) is 19.9. The van der Waals surface area contributed by atoms with E-state index in [1.54, 1.807) is 19.2 Å². The highest BCUT2D eigenvalue weighted by molar-refractivity contribution is 9.10. The number of ether oxygens (including phenoxy) is 1. The van der Waals surface area contributed by atoms with E-state index in [1.807, 2.05) is 42.5 Å². The fourth-order valence-corrected chi connectivity index (χ4v) is 4.62. The van der Waals surface area contributed by atoms with Gasteiger partial charge in [-0.1, -0.05) is 23.7 Å². The smallest absolute Gasteiger partial charge is 0.190 e. The molecule has 0 aliphatic carbocycles. The lowest BCUT2D eigenvalue weighted by Crippen LogP contribution is -2.16. The standard InChI is InChI=1S/C23H17BrClFN2OS/c1-29-22-11-4-16(12-20(22)24)21-14-30-23(27-19-9-7-18(26)8-10-19)28(21)13-15-2-5-17(25)6-3-15/h2-12,14H,13H2,1H3. The van der Waals surface area contributed by atoms with Gasteiger partial charge in [-0.3, -0.25) is 0 Å². The highest BCUT2D eigenvalue weighted by atomic mass is 79.9. The molecule has 0 saturated heterocycles. The first-order chi connectivity index (χ1) is 14.5. The molecule has 0 aliphatic rings. The van der Waals surface area contributed by atoms with E-state index in [-0.39, 0.29) is 5.82 Å². The lowest BCUT2D eigenvalue weighted by atomic mass is 10.1. The Morgan fingerprint density at radius 3 is 2.47 bits per heavy atom. The first kappa shape index (κ1) is 20.8. The second-order valence-corrected chi connectivity index (χ2v) is 8.68. The van der Waals surface area contributed by atoms with Crippen molar-refractivity contribution >= 4 is 44.6 Å². The molecule has 0 bridgehead atoms. The summed E-state index contributed by atoms with van der Waals surface area (Å²) in [7, 11) is 1.64. The molecular formula is C23H17BrClFN2OS. The van der Waals surface area contributed by atoms with Gasteiger partial charge in [-0.25, -0.2) is 9.38 Å². The van der Waals surface area contributed by atoms with Gasteiger partial charge in [-0.15, -0.1) is 11.3 Å². The van der Waals surface area contributed by atoms with Gasteiger partial charge in [-0.05, 0) is 76.1 Å². The minimum absolute atomic E-state index is 0.280. The Balaban J connectivity index is 1.83. The zero-order valence-corrected chi connectivity index (χ0v) is 19.1. The molecule has 0 spiro atoms. The van der Waals surface area contributed by atoms with Crippen molar-refractivity contribution in [2.75, 3.05) is 7.11 Å². The zero-order valence-electron chi connectivity index (χ0n) is 16.0. The minimum Gasteiger partial charge on any atom is -0.496 e. The fraction of sp³-hybridized carbons (Fsp3) is 0.0870. The van der Waals surface area contributed by atoms with Gasteiger partial charge in [-0.2, -0.15) is 0 Å². The Hall–Kier alpha value is -2.41. The highest BCUT2D eigenvalue weighted by Gasteiger charge is 2.11. The number of thiazole rings is 1. The molecule has 4 aromatic rings. The van der Waals surface area contributed by atoms with Gasteiger partial charge in [0.15, 0.2) is 4.80 Å². The maximum Gasteiger partial charge on any atom is 0.190 e. The first-order valence-electron chi connectivity index (χ1n) is 9.10. The largest absolute Gasteiger partial charge is 0.496 e. The first-order valence-corrected chi connectivity index (χ1v) is 11.2. The van der Waals surface area contributed by atoms with Crippen molar-refractivity contribution in [1.82, 2.24) is 4.57 Å². The minimum atomic E-state index is -0.280. The highest BCUT2D eigenvalue weighted by Crippen LogP contribution is 2.31. The zero-order chi connectivity index (χ0) is 21.1. The molecule has 1 aromatic heterocycles. The van der Waals surface area contributed by atoms with Gasteiger partial charge in [0.05, 0.1) is 29.5 Å². The predicted molar refractivity (Wildman–Crippen MR) is 124 cm³/mol. The van der Waals surface area contributed by atoms with Gasteiger partial charge < -0.3 is 9.30 Å². The molecule has 0 aliphatic heterocycles. The van der Waals surface area contributed by atoms with E-state index in [0.717, 1.165) is 31.8 Å². The summed E-state index contributed by atoms with van der Waals surface area (Å²) in [6.45, 7) is 0.625. The normalized spacial score (nSPS) is 11.7. The van der Waals surface area contributed by atoms with E-state index in [4.69, 9.17) is 21.3 Å². The van der Waals surface area contributed by atoms with Crippen LogP contribution in [-0.4, -0.2) is 11.7 Å². The molecule has 30 heavy (non-hydrogen) atoms. The van der Waals surface area contributed by atoms with Crippen LogP contribution in [-0.2, 0) is 6.54 Å². The van der Waals surface area contributed by atoms with Crippen LogP contribution in [0, 0.1) is 5.82 Å². The van der Waals surface area contributed by atoms with Crippen molar-refractivity contribution in [2.24, 2.45) is 4.99 Å². The van der Waals surface area contributed by atoms with E-state index in [2.05, 4.69) is 25.9 Å². The molecule has 7 heteroatoms. The van der Waals surface area contributed by atoms with Gasteiger partial charge in [0, 0.05) is 16.0 Å². The molecular weight excluding hydrogens is 487 g/mol. The molecule has 0 amide bonds. The van der Waals surface area contributed by atoms with E-state index < -0.39 is 0 Å². The lowest BCUT2D eigenvalue weighted by Gasteiger charge is -2.11. The Bertz CT molecular complexity index is 1230. The average Bonchev–Trinajstić information content (AvgIpc) is 3.13. The van der Waals surface area contributed by atoms with Gasteiger partial charge in [0.1, 0.15) is 11.6 Å². The topological polar surface area (TPSA) is 26.5 Å². The number of halogens is 3. The third-order valence-corrected chi connectivity index (χ3v) is 6.29. The van der Waals surface area contributed by atoms with Crippen molar-refractivity contribution in [3.8, 4) is 17.0 Å². The summed E-state index contributed by atoms with van der Waals surface area (Å²) >= 11 is 11.2. The maximum atomic E-state index is 13.3. The van der Waals surface area contributed by atoms with E-state index in [9.17, 15) is 4.39 Å². The molecule has 0 saturated carbocycles. The number of hydrogen-bond acceptors (Lipinski definition) is 3. The Kier molecular flexibility index (Phi) is 6.37.